The van der Waals surface area contributed by atoms with Gasteiger partial charge in [0.05, 0.1) is 4.21 Å². The summed E-state index contributed by atoms with van der Waals surface area (Å²) in [5, 5.41) is 5.51. The molecule has 0 saturated carbocycles. The summed E-state index contributed by atoms with van der Waals surface area (Å²) in [5.74, 6) is -0.124. The van der Waals surface area contributed by atoms with Crippen molar-refractivity contribution >= 4 is 23.1 Å². The summed E-state index contributed by atoms with van der Waals surface area (Å²) < 4.78 is 15.1. The van der Waals surface area contributed by atoms with Crippen molar-refractivity contribution in [1.82, 2.24) is 5.32 Å². The Kier molecular flexibility index (Phi) is 5.64. The maximum absolute atomic E-state index is 13.9. The number of halogens is 1. The summed E-state index contributed by atoms with van der Waals surface area (Å²) in [4.78, 5) is 1.14. The highest BCUT2D eigenvalue weighted by molar-refractivity contribution is 8.01. The SMILES string of the molecule is CCCNC(C)c1cc(F)c(C)cc1Sc1cccs1. The molecule has 20 heavy (non-hydrogen) atoms. The van der Waals surface area contributed by atoms with Crippen molar-refractivity contribution in [2.45, 2.75) is 42.3 Å². The van der Waals surface area contributed by atoms with Crippen LogP contribution in [-0.2, 0) is 0 Å². The predicted octanol–water partition coefficient (Wildman–Crippen LogP) is 5.41. The maximum Gasteiger partial charge on any atom is 0.126 e. The molecular formula is C16H20FNS2. The van der Waals surface area contributed by atoms with Gasteiger partial charge in [-0.1, -0.05) is 24.8 Å². The molecule has 0 fully saturated rings. The molecule has 0 bridgehead atoms. The smallest absolute Gasteiger partial charge is 0.126 e. The third kappa shape index (κ3) is 3.84. The number of benzene rings is 1. The van der Waals surface area contributed by atoms with Gasteiger partial charge in [0, 0.05) is 10.9 Å². The van der Waals surface area contributed by atoms with Crippen molar-refractivity contribution < 1.29 is 4.39 Å². The van der Waals surface area contributed by atoms with Gasteiger partial charge in [0.1, 0.15) is 5.82 Å². The fourth-order valence-electron chi connectivity index (χ4n) is 2.00. The zero-order valence-corrected chi connectivity index (χ0v) is 13.7. The lowest BCUT2D eigenvalue weighted by molar-refractivity contribution is 0.552. The minimum atomic E-state index is -0.124. The maximum atomic E-state index is 13.9. The molecule has 1 N–H and O–H groups in total. The highest BCUT2D eigenvalue weighted by Crippen LogP contribution is 2.37. The van der Waals surface area contributed by atoms with Crippen LogP contribution in [0, 0.1) is 12.7 Å². The Morgan fingerprint density at radius 1 is 1.40 bits per heavy atom. The van der Waals surface area contributed by atoms with Crippen LogP contribution in [0.2, 0.25) is 0 Å². The molecule has 1 aromatic heterocycles. The number of hydrogen-bond donors (Lipinski definition) is 1. The molecule has 0 aliphatic heterocycles. The van der Waals surface area contributed by atoms with Gasteiger partial charge in [0.25, 0.3) is 0 Å². The lowest BCUT2D eigenvalue weighted by atomic mass is 10.1. The monoisotopic (exact) mass is 309 g/mol. The van der Waals surface area contributed by atoms with Crippen molar-refractivity contribution in [2.24, 2.45) is 0 Å². The van der Waals surface area contributed by atoms with Gasteiger partial charge in [0.15, 0.2) is 0 Å². The Labute approximate surface area is 128 Å². The van der Waals surface area contributed by atoms with Gasteiger partial charge in [-0.05, 0) is 61.5 Å². The molecule has 0 aliphatic rings. The third-order valence-electron chi connectivity index (χ3n) is 3.16. The number of hydrogen-bond acceptors (Lipinski definition) is 3. The first-order chi connectivity index (χ1) is 9.61. The second kappa shape index (κ2) is 7.25. The first kappa shape index (κ1) is 15.5. The van der Waals surface area contributed by atoms with Crippen molar-refractivity contribution in [3.05, 3.63) is 46.6 Å². The van der Waals surface area contributed by atoms with Gasteiger partial charge < -0.3 is 5.32 Å². The average Bonchev–Trinajstić information content (AvgIpc) is 2.92. The molecule has 2 rings (SSSR count). The second-order valence-corrected chi connectivity index (χ2v) is 7.14. The summed E-state index contributed by atoms with van der Waals surface area (Å²) in [7, 11) is 0. The van der Waals surface area contributed by atoms with Crippen molar-refractivity contribution in [1.29, 1.82) is 0 Å². The first-order valence-electron chi connectivity index (χ1n) is 6.86. The molecule has 4 heteroatoms. The van der Waals surface area contributed by atoms with Gasteiger partial charge in [-0.25, -0.2) is 4.39 Å². The van der Waals surface area contributed by atoms with Crippen molar-refractivity contribution in [3.63, 3.8) is 0 Å². The van der Waals surface area contributed by atoms with Crippen LogP contribution >= 0.6 is 23.1 Å². The molecular weight excluding hydrogens is 289 g/mol. The van der Waals surface area contributed by atoms with E-state index in [2.05, 4.69) is 30.6 Å². The Bertz CT molecular complexity index is 552. The van der Waals surface area contributed by atoms with Crippen LogP contribution in [-0.4, -0.2) is 6.54 Å². The third-order valence-corrected chi connectivity index (χ3v) is 5.27. The molecule has 1 unspecified atom stereocenters. The molecule has 0 aliphatic carbocycles. The topological polar surface area (TPSA) is 12.0 Å². The van der Waals surface area contributed by atoms with Crippen LogP contribution in [0.4, 0.5) is 4.39 Å². The standard InChI is InChI=1S/C16H20FNS2/c1-4-7-18-12(3)13-10-14(17)11(2)9-15(13)20-16-6-5-8-19-16/h5-6,8-10,12,18H,4,7H2,1-3H3. The Hall–Kier alpha value is -0.840. The molecule has 0 radical (unpaired) electrons. The van der Waals surface area contributed by atoms with E-state index in [1.165, 1.54) is 4.21 Å². The van der Waals surface area contributed by atoms with Crippen LogP contribution in [0.25, 0.3) is 0 Å². The Morgan fingerprint density at radius 3 is 2.85 bits per heavy atom. The van der Waals surface area contributed by atoms with E-state index in [0.717, 1.165) is 23.4 Å². The summed E-state index contributed by atoms with van der Waals surface area (Å²) in [6.07, 6.45) is 1.08. The van der Waals surface area contributed by atoms with Gasteiger partial charge in [-0.3, -0.25) is 0 Å². The molecule has 0 saturated heterocycles. The van der Waals surface area contributed by atoms with E-state index in [9.17, 15) is 4.39 Å². The van der Waals surface area contributed by atoms with E-state index >= 15 is 0 Å². The van der Waals surface area contributed by atoms with Gasteiger partial charge in [0.2, 0.25) is 0 Å². The molecule has 0 spiro atoms. The predicted molar refractivity (Wildman–Crippen MR) is 86.3 cm³/mol. The Morgan fingerprint density at radius 2 is 2.20 bits per heavy atom. The quantitative estimate of drug-likeness (QED) is 0.766. The van der Waals surface area contributed by atoms with Gasteiger partial charge in [-0.2, -0.15) is 0 Å². The lowest BCUT2D eigenvalue weighted by Crippen LogP contribution is -2.20. The first-order valence-corrected chi connectivity index (χ1v) is 8.56. The number of aryl methyl sites for hydroxylation is 1. The molecule has 1 heterocycles. The normalized spacial score (nSPS) is 12.6. The van der Waals surface area contributed by atoms with Gasteiger partial charge in [-0.15, -0.1) is 11.3 Å². The fraction of sp³-hybridized carbons (Fsp3) is 0.375. The minimum absolute atomic E-state index is 0.124. The van der Waals surface area contributed by atoms with E-state index in [-0.39, 0.29) is 11.9 Å². The van der Waals surface area contributed by atoms with Crippen LogP contribution in [0.1, 0.15) is 37.4 Å². The molecule has 1 nitrogen and oxygen atoms in total. The van der Waals surface area contributed by atoms with Gasteiger partial charge >= 0.3 is 0 Å². The van der Waals surface area contributed by atoms with Crippen LogP contribution < -0.4 is 5.32 Å². The average molecular weight is 309 g/mol. The summed E-state index contributed by atoms with van der Waals surface area (Å²) >= 11 is 3.43. The Balaban J connectivity index is 2.30. The second-order valence-electron chi connectivity index (χ2n) is 4.85. The molecule has 2 aromatic rings. The molecule has 1 atom stereocenters. The van der Waals surface area contributed by atoms with E-state index in [1.807, 2.05) is 19.1 Å². The number of thiophene rings is 1. The highest BCUT2D eigenvalue weighted by atomic mass is 32.2. The lowest BCUT2D eigenvalue weighted by Gasteiger charge is -2.18. The fourth-order valence-corrected chi connectivity index (χ4v) is 4.03. The van der Waals surface area contributed by atoms with E-state index in [4.69, 9.17) is 0 Å². The van der Waals surface area contributed by atoms with E-state index in [1.54, 1.807) is 29.2 Å². The van der Waals surface area contributed by atoms with Crippen LogP contribution in [0.15, 0.2) is 38.8 Å². The van der Waals surface area contributed by atoms with Crippen LogP contribution in [0.5, 0.6) is 0 Å². The molecule has 1 aromatic carbocycles. The highest BCUT2D eigenvalue weighted by Gasteiger charge is 2.14. The largest absolute Gasteiger partial charge is 0.310 e. The molecule has 108 valence electrons. The van der Waals surface area contributed by atoms with E-state index in [0.29, 0.717) is 5.56 Å². The van der Waals surface area contributed by atoms with Crippen LogP contribution in [0.3, 0.4) is 0 Å². The van der Waals surface area contributed by atoms with Crippen molar-refractivity contribution in [3.8, 4) is 0 Å². The van der Waals surface area contributed by atoms with E-state index < -0.39 is 0 Å². The molecule has 0 amide bonds. The minimum Gasteiger partial charge on any atom is -0.310 e. The van der Waals surface area contributed by atoms with Crippen molar-refractivity contribution in [2.75, 3.05) is 6.54 Å². The summed E-state index contributed by atoms with van der Waals surface area (Å²) in [5.41, 5.74) is 1.75. The summed E-state index contributed by atoms with van der Waals surface area (Å²) in [6.45, 7) is 7.00. The zero-order valence-electron chi connectivity index (χ0n) is 12.1. The number of rotatable bonds is 6. The summed E-state index contributed by atoms with van der Waals surface area (Å²) in [6, 6.07) is 7.94. The zero-order chi connectivity index (χ0) is 14.5. The number of nitrogens with one attached hydrogen (secondary N) is 1.